The topological polar surface area (TPSA) is 0 Å². The summed E-state index contributed by atoms with van der Waals surface area (Å²) in [5.74, 6) is 1.84. The van der Waals surface area contributed by atoms with E-state index < -0.39 is 0 Å². The highest BCUT2D eigenvalue weighted by atomic mass is 14.1. The van der Waals surface area contributed by atoms with Crippen molar-refractivity contribution in [2.75, 3.05) is 0 Å². The fraction of sp³-hybridized carbons (Fsp3) is 1.00. The first kappa shape index (κ1) is 10.0. The molecule has 0 saturated heterocycles. The van der Waals surface area contributed by atoms with Gasteiger partial charge in [-0.2, -0.15) is 0 Å². The highest BCUT2D eigenvalue weighted by Gasteiger charge is 2.01. The molecule has 0 fully saturated rings. The van der Waals surface area contributed by atoms with Gasteiger partial charge in [0.15, 0.2) is 0 Å². The van der Waals surface area contributed by atoms with Crippen molar-refractivity contribution in [3.05, 3.63) is 0 Å². The van der Waals surface area contributed by atoms with Gasteiger partial charge in [0.05, 0.1) is 0 Å². The van der Waals surface area contributed by atoms with Crippen LogP contribution in [0.15, 0.2) is 0 Å². The van der Waals surface area contributed by atoms with Crippen LogP contribution in [0.3, 0.4) is 0 Å². The van der Waals surface area contributed by atoms with Gasteiger partial charge < -0.3 is 0 Å². The van der Waals surface area contributed by atoms with Gasteiger partial charge in [0.2, 0.25) is 0 Å². The molecule has 0 aromatic carbocycles. The van der Waals surface area contributed by atoms with Crippen molar-refractivity contribution in [2.45, 2.75) is 53.4 Å². The van der Waals surface area contributed by atoms with Gasteiger partial charge in [-0.1, -0.05) is 53.4 Å². The van der Waals surface area contributed by atoms with Crippen LogP contribution < -0.4 is 0 Å². The third-order valence-corrected chi connectivity index (χ3v) is 2.02. The Bertz CT molecular complexity index is 64.4. The fourth-order valence-corrected chi connectivity index (χ4v) is 1.25. The molecule has 0 nitrogen and oxygen atoms in total. The molecule has 0 amide bonds. The Balaban J connectivity index is 3.12. The van der Waals surface area contributed by atoms with Crippen LogP contribution in [0, 0.1) is 11.8 Å². The maximum Gasteiger partial charge on any atom is -0.0443 e. The summed E-state index contributed by atoms with van der Waals surface area (Å²) in [5, 5.41) is 0. The van der Waals surface area contributed by atoms with Gasteiger partial charge in [-0.3, -0.25) is 0 Å². The van der Waals surface area contributed by atoms with Crippen LogP contribution in [0.4, 0.5) is 0 Å². The Labute approximate surface area is 66.0 Å². The van der Waals surface area contributed by atoms with E-state index in [1.807, 2.05) is 0 Å². The summed E-state index contributed by atoms with van der Waals surface area (Å²) in [4.78, 5) is 0. The lowest BCUT2D eigenvalue weighted by atomic mass is 9.96. The van der Waals surface area contributed by atoms with Crippen LogP contribution in [-0.4, -0.2) is 0 Å². The summed E-state index contributed by atoms with van der Waals surface area (Å²) in [5.41, 5.74) is 0. The van der Waals surface area contributed by atoms with Gasteiger partial charge in [-0.15, -0.1) is 0 Å². The van der Waals surface area contributed by atoms with E-state index in [1.165, 1.54) is 25.7 Å². The van der Waals surface area contributed by atoms with Crippen molar-refractivity contribution in [1.82, 2.24) is 0 Å². The van der Waals surface area contributed by atoms with Crippen LogP contribution in [0.1, 0.15) is 53.4 Å². The lowest BCUT2D eigenvalue weighted by Gasteiger charge is -2.10. The first-order valence-corrected chi connectivity index (χ1v) is 4.66. The molecule has 0 heteroatoms. The molecule has 0 saturated carbocycles. The molecular formula is C10H22. The molecule has 0 radical (unpaired) electrons. The Morgan fingerprint density at radius 1 is 0.900 bits per heavy atom. The molecule has 0 aliphatic rings. The van der Waals surface area contributed by atoms with E-state index in [2.05, 4.69) is 27.7 Å². The molecule has 1 atom stereocenters. The smallest absolute Gasteiger partial charge is 0.0443 e. The summed E-state index contributed by atoms with van der Waals surface area (Å²) >= 11 is 0. The highest BCUT2D eigenvalue weighted by Crippen LogP contribution is 2.15. The summed E-state index contributed by atoms with van der Waals surface area (Å²) in [6.07, 6.45) is 5.58. The lowest BCUT2D eigenvalue weighted by Crippen LogP contribution is -1.96. The molecule has 0 heterocycles. The monoisotopic (exact) mass is 142 g/mol. The molecule has 62 valence electrons. The third kappa shape index (κ3) is 6.12. The fourth-order valence-electron chi connectivity index (χ4n) is 1.25. The standard InChI is InChI=1S/C10H22/c1-5-6-10(4)8-7-9(2)3/h9-10H,5-8H2,1-4H3/t10-/m0/s1. The average molecular weight is 142 g/mol. The first-order valence-electron chi connectivity index (χ1n) is 4.66. The molecule has 0 aromatic heterocycles. The first-order chi connectivity index (χ1) is 4.66. The largest absolute Gasteiger partial charge is 0.0654 e. The van der Waals surface area contributed by atoms with Crippen LogP contribution in [-0.2, 0) is 0 Å². The molecule has 0 aliphatic carbocycles. The summed E-state index contributed by atoms with van der Waals surface area (Å²) in [7, 11) is 0. The molecule has 0 aliphatic heterocycles. The van der Waals surface area contributed by atoms with Gasteiger partial charge in [-0.05, 0) is 11.8 Å². The molecule has 0 aromatic rings. The minimum atomic E-state index is 0.888. The molecule has 0 N–H and O–H groups in total. The Hall–Kier alpha value is 0. The predicted octanol–water partition coefficient (Wildman–Crippen LogP) is 3.86. The molecule has 0 bridgehead atoms. The van der Waals surface area contributed by atoms with Gasteiger partial charge >= 0.3 is 0 Å². The molecule has 10 heavy (non-hydrogen) atoms. The zero-order valence-electron chi connectivity index (χ0n) is 7.98. The van der Waals surface area contributed by atoms with E-state index in [0.29, 0.717) is 0 Å². The van der Waals surface area contributed by atoms with E-state index in [1.54, 1.807) is 0 Å². The quantitative estimate of drug-likeness (QED) is 0.547. The summed E-state index contributed by atoms with van der Waals surface area (Å²) in [6, 6.07) is 0. The van der Waals surface area contributed by atoms with Gasteiger partial charge in [0.1, 0.15) is 0 Å². The second kappa shape index (κ2) is 5.76. The molecular weight excluding hydrogens is 120 g/mol. The Morgan fingerprint density at radius 3 is 1.90 bits per heavy atom. The van der Waals surface area contributed by atoms with Crippen molar-refractivity contribution in [1.29, 1.82) is 0 Å². The van der Waals surface area contributed by atoms with Gasteiger partial charge in [0.25, 0.3) is 0 Å². The minimum absolute atomic E-state index is 0.888. The summed E-state index contributed by atoms with van der Waals surface area (Å²) < 4.78 is 0. The van der Waals surface area contributed by atoms with E-state index >= 15 is 0 Å². The number of rotatable bonds is 5. The minimum Gasteiger partial charge on any atom is -0.0654 e. The second-order valence-electron chi connectivity index (χ2n) is 3.87. The number of hydrogen-bond acceptors (Lipinski definition) is 0. The van der Waals surface area contributed by atoms with Crippen LogP contribution in [0.25, 0.3) is 0 Å². The normalized spacial score (nSPS) is 14.1. The predicted molar refractivity (Wildman–Crippen MR) is 48.1 cm³/mol. The SMILES string of the molecule is CCC[C@H](C)CCC(C)C. The summed E-state index contributed by atoms with van der Waals surface area (Å²) in [6.45, 7) is 9.25. The zero-order valence-corrected chi connectivity index (χ0v) is 7.98. The van der Waals surface area contributed by atoms with Crippen LogP contribution in [0.2, 0.25) is 0 Å². The van der Waals surface area contributed by atoms with E-state index in [-0.39, 0.29) is 0 Å². The van der Waals surface area contributed by atoms with Gasteiger partial charge in [0, 0.05) is 0 Å². The van der Waals surface area contributed by atoms with Crippen molar-refractivity contribution >= 4 is 0 Å². The molecule has 0 rings (SSSR count). The van der Waals surface area contributed by atoms with Gasteiger partial charge in [-0.25, -0.2) is 0 Å². The van der Waals surface area contributed by atoms with Crippen molar-refractivity contribution in [3.63, 3.8) is 0 Å². The van der Waals surface area contributed by atoms with Crippen molar-refractivity contribution in [2.24, 2.45) is 11.8 Å². The number of hydrogen-bond donors (Lipinski definition) is 0. The van der Waals surface area contributed by atoms with Crippen molar-refractivity contribution < 1.29 is 0 Å². The Morgan fingerprint density at radius 2 is 1.50 bits per heavy atom. The van der Waals surface area contributed by atoms with E-state index in [9.17, 15) is 0 Å². The third-order valence-electron chi connectivity index (χ3n) is 2.02. The highest BCUT2D eigenvalue weighted by molar-refractivity contribution is 4.54. The van der Waals surface area contributed by atoms with Crippen molar-refractivity contribution in [3.8, 4) is 0 Å². The molecule has 0 spiro atoms. The van der Waals surface area contributed by atoms with Crippen LogP contribution in [0.5, 0.6) is 0 Å². The lowest BCUT2D eigenvalue weighted by molar-refractivity contribution is 0.425. The second-order valence-corrected chi connectivity index (χ2v) is 3.87. The maximum absolute atomic E-state index is 2.37. The average Bonchev–Trinajstić information content (AvgIpc) is 1.85. The molecule has 0 unspecified atom stereocenters. The van der Waals surface area contributed by atoms with E-state index in [0.717, 1.165) is 11.8 Å². The van der Waals surface area contributed by atoms with Crippen LogP contribution >= 0.6 is 0 Å². The van der Waals surface area contributed by atoms with E-state index in [4.69, 9.17) is 0 Å². The Kier molecular flexibility index (Phi) is 5.76. The maximum atomic E-state index is 2.37. The zero-order chi connectivity index (χ0) is 7.98.